The van der Waals surface area contributed by atoms with E-state index in [-0.39, 0.29) is 5.91 Å². The highest BCUT2D eigenvalue weighted by molar-refractivity contribution is 5.98. The van der Waals surface area contributed by atoms with Crippen molar-refractivity contribution in [2.45, 2.75) is 19.3 Å². The Morgan fingerprint density at radius 1 is 1.09 bits per heavy atom. The summed E-state index contributed by atoms with van der Waals surface area (Å²) in [5.41, 5.74) is 0.0930. The van der Waals surface area contributed by atoms with E-state index in [0.717, 1.165) is 5.56 Å². The predicted molar refractivity (Wildman–Crippen MR) is 85.4 cm³/mol. The number of pyridine rings is 1. The second kappa shape index (κ2) is 6.47. The minimum Gasteiger partial charge on any atom is -0.493 e. The summed E-state index contributed by atoms with van der Waals surface area (Å²) in [7, 11) is 3.15. The maximum atomic E-state index is 12.6. The standard InChI is InChI=1S/C17H20N2O3/c1-17(2,16(20)19-15-7-5-6-10-18-15)12-8-9-13(21-3)14(11-12)22-4/h5-11H,1-4H3,(H,18,19,20). The molecule has 0 unspecified atom stereocenters. The highest BCUT2D eigenvalue weighted by Gasteiger charge is 2.31. The van der Waals surface area contributed by atoms with Gasteiger partial charge < -0.3 is 14.8 Å². The van der Waals surface area contributed by atoms with E-state index < -0.39 is 5.41 Å². The normalized spacial score (nSPS) is 10.9. The van der Waals surface area contributed by atoms with Crippen LogP contribution in [0.25, 0.3) is 0 Å². The lowest BCUT2D eigenvalue weighted by atomic mass is 9.83. The first-order valence-electron chi connectivity index (χ1n) is 6.94. The number of benzene rings is 1. The number of amides is 1. The van der Waals surface area contributed by atoms with E-state index in [1.807, 2.05) is 32.0 Å². The lowest BCUT2D eigenvalue weighted by Crippen LogP contribution is -2.35. The molecule has 0 spiro atoms. The van der Waals surface area contributed by atoms with Gasteiger partial charge in [0.05, 0.1) is 19.6 Å². The fourth-order valence-corrected chi connectivity index (χ4v) is 2.07. The van der Waals surface area contributed by atoms with Crippen molar-refractivity contribution in [3.05, 3.63) is 48.2 Å². The molecule has 1 amide bonds. The smallest absolute Gasteiger partial charge is 0.235 e. The zero-order valence-corrected chi connectivity index (χ0v) is 13.2. The molecule has 0 fully saturated rings. The fraction of sp³-hybridized carbons (Fsp3) is 0.294. The molecule has 1 aromatic heterocycles. The number of hydrogen-bond acceptors (Lipinski definition) is 4. The van der Waals surface area contributed by atoms with Crippen molar-refractivity contribution in [1.29, 1.82) is 0 Å². The summed E-state index contributed by atoms with van der Waals surface area (Å²) in [5.74, 6) is 1.62. The molecule has 0 aliphatic carbocycles. The number of nitrogens with one attached hydrogen (secondary N) is 1. The lowest BCUT2D eigenvalue weighted by Gasteiger charge is -2.24. The summed E-state index contributed by atoms with van der Waals surface area (Å²) in [6.45, 7) is 3.71. The van der Waals surface area contributed by atoms with Crippen LogP contribution in [0.15, 0.2) is 42.6 Å². The molecule has 0 aliphatic heterocycles. The number of hydrogen-bond donors (Lipinski definition) is 1. The maximum Gasteiger partial charge on any atom is 0.235 e. The van der Waals surface area contributed by atoms with E-state index >= 15 is 0 Å². The Morgan fingerprint density at radius 3 is 2.41 bits per heavy atom. The van der Waals surface area contributed by atoms with E-state index in [4.69, 9.17) is 9.47 Å². The number of ether oxygens (including phenoxy) is 2. The zero-order valence-electron chi connectivity index (χ0n) is 13.2. The topological polar surface area (TPSA) is 60.5 Å². The van der Waals surface area contributed by atoms with Gasteiger partial charge >= 0.3 is 0 Å². The number of rotatable bonds is 5. The van der Waals surface area contributed by atoms with Gasteiger partial charge in [-0.05, 0) is 43.7 Å². The average molecular weight is 300 g/mol. The first-order chi connectivity index (χ1) is 10.5. The third kappa shape index (κ3) is 3.19. The van der Waals surface area contributed by atoms with Crippen LogP contribution >= 0.6 is 0 Å². The molecule has 0 saturated heterocycles. The van der Waals surface area contributed by atoms with Gasteiger partial charge in [-0.3, -0.25) is 4.79 Å². The highest BCUT2D eigenvalue weighted by atomic mass is 16.5. The molecule has 2 rings (SSSR count). The average Bonchev–Trinajstić information content (AvgIpc) is 2.54. The second-order valence-corrected chi connectivity index (χ2v) is 5.36. The summed E-state index contributed by atoms with van der Waals surface area (Å²) >= 11 is 0. The third-order valence-electron chi connectivity index (χ3n) is 3.58. The van der Waals surface area contributed by atoms with Crippen molar-refractivity contribution in [1.82, 2.24) is 4.98 Å². The van der Waals surface area contributed by atoms with Gasteiger partial charge in [-0.1, -0.05) is 12.1 Å². The lowest BCUT2D eigenvalue weighted by molar-refractivity contribution is -0.120. The van der Waals surface area contributed by atoms with Crippen molar-refractivity contribution >= 4 is 11.7 Å². The fourth-order valence-electron chi connectivity index (χ4n) is 2.07. The maximum absolute atomic E-state index is 12.6. The Labute approximate surface area is 130 Å². The molecule has 2 aromatic rings. The minimum atomic E-state index is -0.739. The Balaban J connectivity index is 2.27. The molecule has 1 heterocycles. The van der Waals surface area contributed by atoms with E-state index in [1.165, 1.54) is 0 Å². The van der Waals surface area contributed by atoms with Gasteiger partial charge in [0, 0.05) is 6.20 Å². The molecule has 0 radical (unpaired) electrons. The minimum absolute atomic E-state index is 0.140. The first-order valence-corrected chi connectivity index (χ1v) is 6.94. The molecular weight excluding hydrogens is 280 g/mol. The molecule has 0 bridgehead atoms. The molecule has 5 heteroatoms. The van der Waals surface area contributed by atoms with Crippen molar-refractivity contribution in [3.63, 3.8) is 0 Å². The van der Waals surface area contributed by atoms with Crippen LogP contribution in [0, 0.1) is 0 Å². The van der Waals surface area contributed by atoms with Gasteiger partial charge in [0.2, 0.25) is 5.91 Å². The van der Waals surface area contributed by atoms with Crippen LogP contribution in [0.1, 0.15) is 19.4 Å². The molecule has 5 nitrogen and oxygen atoms in total. The zero-order chi connectivity index (χ0) is 16.2. The Hall–Kier alpha value is -2.56. The van der Waals surface area contributed by atoms with E-state index in [0.29, 0.717) is 17.3 Å². The predicted octanol–water partition coefficient (Wildman–Crippen LogP) is 3.02. The molecule has 1 aromatic carbocycles. The summed E-state index contributed by atoms with van der Waals surface area (Å²) < 4.78 is 10.5. The van der Waals surface area contributed by atoms with E-state index in [2.05, 4.69) is 10.3 Å². The summed E-state index contributed by atoms with van der Waals surface area (Å²) in [6, 6.07) is 10.9. The number of nitrogens with zero attached hydrogens (tertiary/aromatic N) is 1. The van der Waals surface area contributed by atoms with Crippen molar-refractivity contribution < 1.29 is 14.3 Å². The van der Waals surface area contributed by atoms with Crippen LogP contribution in [-0.2, 0) is 10.2 Å². The number of anilines is 1. The first kappa shape index (κ1) is 15.8. The van der Waals surface area contributed by atoms with Crippen LogP contribution in [0.5, 0.6) is 11.5 Å². The van der Waals surface area contributed by atoms with Gasteiger partial charge in [-0.15, -0.1) is 0 Å². The molecule has 22 heavy (non-hydrogen) atoms. The van der Waals surface area contributed by atoms with Gasteiger partial charge in [0.15, 0.2) is 11.5 Å². The van der Waals surface area contributed by atoms with Crippen LogP contribution in [-0.4, -0.2) is 25.1 Å². The van der Waals surface area contributed by atoms with Crippen LogP contribution in [0.3, 0.4) is 0 Å². The number of methoxy groups -OCH3 is 2. The Kier molecular flexibility index (Phi) is 4.65. The highest BCUT2D eigenvalue weighted by Crippen LogP contribution is 2.33. The molecule has 1 N–H and O–H groups in total. The largest absolute Gasteiger partial charge is 0.493 e. The number of aromatic nitrogens is 1. The number of carbonyl (C=O) groups is 1. The van der Waals surface area contributed by atoms with Gasteiger partial charge in [0.25, 0.3) is 0 Å². The van der Waals surface area contributed by atoms with Gasteiger partial charge in [0.1, 0.15) is 5.82 Å². The summed E-state index contributed by atoms with van der Waals surface area (Å²) in [4.78, 5) is 16.7. The SMILES string of the molecule is COc1ccc(C(C)(C)C(=O)Nc2ccccn2)cc1OC. The summed E-state index contributed by atoms with van der Waals surface area (Å²) in [6.07, 6.45) is 1.64. The van der Waals surface area contributed by atoms with Crippen molar-refractivity contribution in [2.24, 2.45) is 0 Å². The van der Waals surface area contributed by atoms with Crippen molar-refractivity contribution in [3.8, 4) is 11.5 Å². The second-order valence-electron chi connectivity index (χ2n) is 5.36. The summed E-state index contributed by atoms with van der Waals surface area (Å²) in [5, 5.41) is 2.82. The molecule has 0 atom stereocenters. The Bertz CT molecular complexity index is 654. The van der Waals surface area contributed by atoms with Crippen LogP contribution in [0.4, 0.5) is 5.82 Å². The quantitative estimate of drug-likeness (QED) is 0.922. The van der Waals surface area contributed by atoms with Gasteiger partial charge in [-0.2, -0.15) is 0 Å². The number of carbonyl (C=O) groups excluding carboxylic acids is 1. The van der Waals surface area contributed by atoms with Crippen LogP contribution < -0.4 is 14.8 Å². The van der Waals surface area contributed by atoms with E-state index in [1.54, 1.807) is 38.6 Å². The third-order valence-corrected chi connectivity index (χ3v) is 3.58. The monoisotopic (exact) mass is 300 g/mol. The van der Waals surface area contributed by atoms with Gasteiger partial charge in [-0.25, -0.2) is 4.98 Å². The van der Waals surface area contributed by atoms with Crippen molar-refractivity contribution in [2.75, 3.05) is 19.5 Å². The molecule has 0 saturated carbocycles. The Morgan fingerprint density at radius 2 is 1.82 bits per heavy atom. The molecular formula is C17H20N2O3. The van der Waals surface area contributed by atoms with Crippen LogP contribution in [0.2, 0.25) is 0 Å². The van der Waals surface area contributed by atoms with E-state index in [9.17, 15) is 4.79 Å². The molecule has 0 aliphatic rings. The molecule has 116 valence electrons.